The molecule has 160 valence electrons. The minimum Gasteiger partial charge on any atom is -0.467 e. The monoisotopic (exact) mass is 438 g/mol. The Hall–Kier alpha value is -3.06. The van der Waals surface area contributed by atoms with Crippen molar-refractivity contribution in [1.29, 1.82) is 0 Å². The first kappa shape index (κ1) is 21.2. The predicted molar refractivity (Wildman–Crippen MR) is 118 cm³/mol. The molecule has 2 heterocycles. The number of nitrogens with zero attached hydrogens (tertiary/aromatic N) is 1. The number of hydrogen-bond donors (Lipinski definition) is 1. The van der Waals surface area contributed by atoms with Gasteiger partial charge < -0.3 is 14.6 Å². The highest BCUT2D eigenvalue weighted by molar-refractivity contribution is 8.00. The molecule has 2 aromatic carbocycles. The lowest BCUT2D eigenvalue weighted by Crippen LogP contribution is -2.27. The van der Waals surface area contributed by atoms with Crippen molar-refractivity contribution in [3.8, 4) is 0 Å². The van der Waals surface area contributed by atoms with Crippen LogP contribution in [-0.4, -0.2) is 29.0 Å². The molecule has 5 nitrogen and oxygen atoms in total. The maximum Gasteiger partial charge on any atom is 0.251 e. The van der Waals surface area contributed by atoms with Gasteiger partial charge in [0.1, 0.15) is 17.0 Å². The van der Waals surface area contributed by atoms with Gasteiger partial charge in [0.25, 0.3) is 5.91 Å². The Morgan fingerprint density at radius 2 is 1.90 bits per heavy atom. The van der Waals surface area contributed by atoms with Crippen LogP contribution in [-0.2, 0) is 17.8 Å². The zero-order chi connectivity index (χ0) is 21.6. The van der Waals surface area contributed by atoms with E-state index in [1.54, 1.807) is 47.2 Å². The summed E-state index contributed by atoms with van der Waals surface area (Å²) in [6.45, 7) is 0.974. The molecule has 1 N–H and O–H groups in total. The number of thioether (sulfide) groups is 1. The largest absolute Gasteiger partial charge is 0.467 e. The molecule has 0 saturated carbocycles. The van der Waals surface area contributed by atoms with E-state index in [-0.39, 0.29) is 23.0 Å². The van der Waals surface area contributed by atoms with Crippen molar-refractivity contribution in [2.75, 3.05) is 12.3 Å². The van der Waals surface area contributed by atoms with Gasteiger partial charge in [0, 0.05) is 12.1 Å². The Labute approximate surface area is 184 Å². The Kier molecular flexibility index (Phi) is 6.72. The minimum absolute atomic E-state index is 0.0781. The van der Waals surface area contributed by atoms with Gasteiger partial charge in [0.2, 0.25) is 5.91 Å². The molecule has 0 bridgehead atoms. The summed E-state index contributed by atoms with van der Waals surface area (Å²) in [5.41, 5.74) is 2.61. The molecule has 1 unspecified atom stereocenters. The number of carbonyl (C=O) groups excluding carboxylic acids is 2. The molecule has 1 fully saturated rings. The molecule has 7 heteroatoms. The first-order chi connectivity index (χ1) is 15.1. The smallest absolute Gasteiger partial charge is 0.251 e. The van der Waals surface area contributed by atoms with E-state index in [0.29, 0.717) is 24.4 Å². The summed E-state index contributed by atoms with van der Waals surface area (Å²) in [5, 5.41) is 2.83. The van der Waals surface area contributed by atoms with E-state index in [1.165, 1.54) is 12.1 Å². The topological polar surface area (TPSA) is 62.6 Å². The summed E-state index contributed by atoms with van der Waals surface area (Å²) in [4.78, 5) is 26.5. The van der Waals surface area contributed by atoms with Crippen molar-refractivity contribution in [1.82, 2.24) is 10.2 Å². The van der Waals surface area contributed by atoms with Crippen LogP contribution in [0.2, 0.25) is 0 Å². The summed E-state index contributed by atoms with van der Waals surface area (Å²) in [6.07, 6.45) is 3.15. The molecule has 4 rings (SSSR count). The number of amides is 2. The van der Waals surface area contributed by atoms with Crippen molar-refractivity contribution in [3.63, 3.8) is 0 Å². The van der Waals surface area contributed by atoms with Crippen LogP contribution in [0.3, 0.4) is 0 Å². The maximum absolute atomic E-state index is 12.9. The number of hydrogen-bond acceptors (Lipinski definition) is 4. The highest BCUT2D eigenvalue weighted by Crippen LogP contribution is 2.39. The average Bonchev–Trinajstić information content (AvgIpc) is 3.43. The van der Waals surface area contributed by atoms with Crippen molar-refractivity contribution in [2.24, 2.45) is 0 Å². The average molecular weight is 439 g/mol. The number of furan rings is 1. The Bertz CT molecular complexity index is 1020. The molecular weight excluding hydrogens is 415 g/mol. The molecule has 31 heavy (non-hydrogen) atoms. The number of rotatable bonds is 8. The number of carbonyl (C=O) groups is 2. The molecule has 0 spiro atoms. The van der Waals surface area contributed by atoms with E-state index < -0.39 is 0 Å². The third kappa shape index (κ3) is 5.35. The maximum atomic E-state index is 12.9. The summed E-state index contributed by atoms with van der Waals surface area (Å²) >= 11 is 1.57. The van der Waals surface area contributed by atoms with Crippen LogP contribution in [0.1, 0.15) is 39.0 Å². The van der Waals surface area contributed by atoms with Crippen LogP contribution < -0.4 is 5.32 Å². The SMILES string of the molecule is O=C(NCCCc1ccc(F)cc1)c1ccc(C2SCC(=O)N2Cc2ccco2)cc1. The normalized spacial score (nSPS) is 16.0. The van der Waals surface area contributed by atoms with Crippen LogP contribution in [0.15, 0.2) is 71.3 Å². The van der Waals surface area contributed by atoms with Crippen molar-refractivity contribution >= 4 is 23.6 Å². The standard InChI is InChI=1S/C24H23FN2O3S/c25-20-11-5-17(6-12-20)3-1-13-26-23(29)18-7-9-19(10-8-18)24-27(22(28)16-31-24)15-21-4-2-14-30-21/h2,4-12,14,24H,1,3,13,15-16H2,(H,26,29). The summed E-state index contributed by atoms with van der Waals surface area (Å²) in [5.74, 6) is 0.881. The molecule has 1 saturated heterocycles. The van der Waals surface area contributed by atoms with Gasteiger partial charge in [-0.05, 0) is 60.4 Å². The highest BCUT2D eigenvalue weighted by atomic mass is 32.2. The molecular formula is C24H23FN2O3S. The molecule has 2 amide bonds. The van der Waals surface area contributed by atoms with Crippen LogP contribution in [0.5, 0.6) is 0 Å². The fraction of sp³-hybridized carbons (Fsp3) is 0.250. The quantitative estimate of drug-likeness (QED) is 0.524. The fourth-order valence-electron chi connectivity index (χ4n) is 3.52. The second-order valence-electron chi connectivity index (χ2n) is 7.37. The lowest BCUT2D eigenvalue weighted by molar-refractivity contribution is -0.128. The molecule has 1 aliphatic rings. The van der Waals surface area contributed by atoms with Gasteiger partial charge in [0.05, 0.1) is 18.6 Å². The van der Waals surface area contributed by atoms with Gasteiger partial charge in [-0.25, -0.2) is 4.39 Å². The fourth-order valence-corrected chi connectivity index (χ4v) is 4.71. The van der Waals surface area contributed by atoms with Crippen LogP contribution >= 0.6 is 11.8 Å². The number of nitrogens with one attached hydrogen (secondary N) is 1. The summed E-state index contributed by atoms with van der Waals surface area (Å²) < 4.78 is 18.3. The molecule has 1 aliphatic heterocycles. The van der Waals surface area contributed by atoms with Crippen molar-refractivity contribution in [2.45, 2.75) is 24.8 Å². The molecule has 1 aromatic heterocycles. The number of halogens is 1. The summed E-state index contributed by atoms with van der Waals surface area (Å²) in [7, 11) is 0. The van der Waals surface area contributed by atoms with E-state index >= 15 is 0 Å². The first-order valence-electron chi connectivity index (χ1n) is 10.2. The van der Waals surface area contributed by atoms with E-state index in [2.05, 4.69) is 5.32 Å². The van der Waals surface area contributed by atoms with Gasteiger partial charge in [0.15, 0.2) is 0 Å². The Balaban J connectivity index is 1.30. The molecule has 0 aliphatic carbocycles. The van der Waals surface area contributed by atoms with Crippen LogP contribution in [0, 0.1) is 5.82 Å². The Morgan fingerprint density at radius 3 is 2.61 bits per heavy atom. The zero-order valence-corrected chi connectivity index (χ0v) is 17.7. The third-order valence-corrected chi connectivity index (χ3v) is 6.43. The van der Waals surface area contributed by atoms with E-state index in [1.807, 2.05) is 24.3 Å². The van der Waals surface area contributed by atoms with Gasteiger partial charge in [-0.15, -0.1) is 11.8 Å². The van der Waals surface area contributed by atoms with Crippen LogP contribution in [0.4, 0.5) is 4.39 Å². The predicted octanol–water partition coefficient (Wildman–Crippen LogP) is 4.56. The van der Waals surface area contributed by atoms with Crippen LogP contribution in [0.25, 0.3) is 0 Å². The first-order valence-corrected chi connectivity index (χ1v) is 11.2. The van der Waals surface area contributed by atoms with E-state index in [0.717, 1.165) is 29.7 Å². The zero-order valence-electron chi connectivity index (χ0n) is 16.9. The van der Waals surface area contributed by atoms with Crippen molar-refractivity contribution < 1.29 is 18.4 Å². The van der Waals surface area contributed by atoms with Crippen molar-refractivity contribution in [3.05, 3.63) is 95.2 Å². The Morgan fingerprint density at radius 1 is 1.13 bits per heavy atom. The highest BCUT2D eigenvalue weighted by Gasteiger charge is 2.33. The van der Waals surface area contributed by atoms with Gasteiger partial charge in [-0.3, -0.25) is 9.59 Å². The summed E-state index contributed by atoms with van der Waals surface area (Å²) in [6, 6.07) is 17.5. The van der Waals surface area contributed by atoms with Gasteiger partial charge >= 0.3 is 0 Å². The molecule has 0 radical (unpaired) electrons. The second-order valence-corrected chi connectivity index (χ2v) is 8.44. The second kappa shape index (κ2) is 9.83. The molecule has 3 aromatic rings. The van der Waals surface area contributed by atoms with E-state index in [9.17, 15) is 14.0 Å². The minimum atomic E-state index is -0.245. The lowest BCUT2D eigenvalue weighted by Gasteiger charge is -2.23. The number of aryl methyl sites for hydroxylation is 1. The van der Waals surface area contributed by atoms with E-state index in [4.69, 9.17) is 4.42 Å². The third-order valence-electron chi connectivity index (χ3n) is 5.17. The van der Waals surface area contributed by atoms with Gasteiger partial charge in [-0.2, -0.15) is 0 Å². The van der Waals surface area contributed by atoms with Gasteiger partial charge in [-0.1, -0.05) is 24.3 Å². The number of benzene rings is 2. The lowest BCUT2D eigenvalue weighted by atomic mass is 10.1. The molecule has 1 atom stereocenters.